The quantitative estimate of drug-likeness (QED) is 0.767. The maximum absolute atomic E-state index is 4.25. The van der Waals surface area contributed by atoms with Gasteiger partial charge in [-0.15, -0.1) is 0 Å². The Hall–Kier alpha value is -2.95. The summed E-state index contributed by atoms with van der Waals surface area (Å²) in [6.45, 7) is 4.22. The molecule has 0 aliphatic heterocycles. The molecule has 0 aliphatic rings. The maximum atomic E-state index is 4.25. The molecule has 23 heavy (non-hydrogen) atoms. The number of benzene rings is 2. The van der Waals surface area contributed by atoms with Crippen LogP contribution < -0.4 is 10.2 Å². The predicted octanol–water partition coefficient (Wildman–Crippen LogP) is 4.16. The molecule has 0 amide bonds. The molecule has 0 atom stereocenters. The van der Waals surface area contributed by atoms with Crippen molar-refractivity contribution in [3.8, 4) is 0 Å². The van der Waals surface area contributed by atoms with E-state index in [1.54, 1.807) is 0 Å². The lowest BCUT2D eigenvalue weighted by Crippen LogP contribution is -2.27. The van der Waals surface area contributed by atoms with Crippen LogP contribution in [0, 0.1) is 0 Å². The van der Waals surface area contributed by atoms with E-state index in [-0.39, 0.29) is 6.04 Å². The molecule has 0 unspecified atom stereocenters. The van der Waals surface area contributed by atoms with Crippen molar-refractivity contribution in [3.63, 3.8) is 0 Å². The molecule has 5 nitrogen and oxygen atoms in total. The highest BCUT2D eigenvalue weighted by atomic mass is 15.3. The average Bonchev–Trinajstić information content (AvgIpc) is 2.58. The zero-order valence-electron chi connectivity index (χ0n) is 13.2. The molecule has 0 fully saturated rings. The third kappa shape index (κ3) is 3.63. The van der Waals surface area contributed by atoms with Crippen molar-refractivity contribution in [2.24, 2.45) is 0 Å². The summed E-state index contributed by atoms with van der Waals surface area (Å²) in [4.78, 5) is 14.5. The van der Waals surface area contributed by atoms with Crippen LogP contribution in [0.25, 0.3) is 0 Å². The van der Waals surface area contributed by atoms with Gasteiger partial charge in [0, 0.05) is 23.1 Å². The van der Waals surface area contributed by atoms with Crippen LogP contribution in [0.1, 0.15) is 13.8 Å². The van der Waals surface area contributed by atoms with Crippen LogP contribution >= 0.6 is 0 Å². The zero-order chi connectivity index (χ0) is 16.1. The highest BCUT2D eigenvalue weighted by Crippen LogP contribution is 2.26. The van der Waals surface area contributed by atoms with E-state index in [0.29, 0.717) is 5.95 Å². The molecule has 1 N–H and O–H groups in total. The Morgan fingerprint density at radius 3 is 2.04 bits per heavy atom. The van der Waals surface area contributed by atoms with Gasteiger partial charge in [-0.3, -0.25) is 0 Å². The molecular formula is C18H19N5. The van der Waals surface area contributed by atoms with Gasteiger partial charge in [0.15, 0.2) is 0 Å². The Kier molecular flexibility index (Phi) is 4.47. The van der Waals surface area contributed by atoms with Crippen LogP contribution in [0.15, 0.2) is 67.3 Å². The molecule has 1 aromatic heterocycles. The van der Waals surface area contributed by atoms with Crippen LogP contribution in [0.4, 0.5) is 23.0 Å². The van der Waals surface area contributed by atoms with Crippen LogP contribution in [0.2, 0.25) is 0 Å². The van der Waals surface area contributed by atoms with E-state index in [1.165, 1.54) is 12.7 Å². The molecule has 0 saturated carbocycles. The van der Waals surface area contributed by atoms with E-state index < -0.39 is 0 Å². The number of nitrogens with zero attached hydrogens (tertiary/aromatic N) is 4. The number of hydrogen-bond donors (Lipinski definition) is 1. The average molecular weight is 305 g/mol. The number of para-hydroxylation sites is 1. The van der Waals surface area contributed by atoms with Crippen LogP contribution in [0.3, 0.4) is 0 Å². The van der Waals surface area contributed by atoms with Gasteiger partial charge in [-0.05, 0) is 50.2 Å². The molecule has 3 rings (SSSR count). The largest absolute Gasteiger partial charge is 0.356 e. The van der Waals surface area contributed by atoms with Gasteiger partial charge in [-0.2, -0.15) is 0 Å². The van der Waals surface area contributed by atoms with Crippen LogP contribution in [0.5, 0.6) is 0 Å². The third-order valence-electron chi connectivity index (χ3n) is 3.42. The molecule has 0 saturated heterocycles. The van der Waals surface area contributed by atoms with Crippen molar-refractivity contribution < 1.29 is 0 Å². The van der Waals surface area contributed by atoms with Gasteiger partial charge < -0.3 is 10.2 Å². The highest BCUT2D eigenvalue weighted by Gasteiger charge is 2.15. The van der Waals surface area contributed by atoms with E-state index in [4.69, 9.17) is 0 Å². The number of hydrogen-bond acceptors (Lipinski definition) is 5. The number of aromatic nitrogens is 3. The fourth-order valence-electron chi connectivity index (χ4n) is 2.40. The minimum absolute atomic E-state index is 0.241. The Balaban J connectivity index is 1.82. The Labute approximate surface area is 136 Å². The first kappa shape index (κ1) is 15.0. The summed E-state index contributed by atoms with van der Waals surface area (Å²) in [5.41, 5.74) is 3.16. The second kappa shape index (κ2) is 6.87. The highest BCUT2D eigenvalue weighted by molar-refractivity contribution is 5.65. The van der Waals surface area contributed by atoms with Crippen LogP contribution in [-0.2, 0) is 0 Å². The standard InChI is InChI=1S/C18H19N5/c1-14(2)23(18-20-12-19-13-21-18)17-10-8-16(9-11-17)22-15-6-4-3-5-7-15/h3-14,22H,1-2H3. The fraction of sp³-hybridized carbons (Fsp3) is 0.167. The normalized spacial score (nSPS) is 10.6. The molecule has 0 radical (unpaired) electrons. The Morgan fingerprint density at radius 2 is 1.43 bits per heavy atom. The molecular weight excluding hydrogens is 286 g/mol. The van der Waals surface area contributed by atoms with Gasteiger partial charge in [-0.1, -0.05) is 18.2 Å². The summed E-state index contributed by atoms with van der Waals surface area (Å²) in [6.07, 6.45) is 3.03. The predicted molar refractivity (Wildman–Crippen MR) is 93.3 cm³/mol. The zero-order valence-corrected chi connectivity index (χ0v) is 13.2. The smallest absolute Gasteiger partial charge is 0.233 e. The molecule has 2 aromatic carbocycles. The molecule has 1 heterocycles. The lowest BCUT2D eigenvalue weighted by molar-refractivity contribution is 0.758. The van der Waals surface area contributed by atoms with E-state index in [0.717, 1.165) is 17.1 Å². The topological polar surface area (TPSA) is 53.9 Å². The van der Waals surface area contributed by atoms with E-state index in [1.807, 2.05) is 30.3 Å². The third-order valence-corrected chi connectivity index (χ3v) is 3.42. The van der Waals surface area contributed by atoms with Gasteiger partial charge in [0.05, 0.1) is 0 Å². The number of nitrogens with one attached hydrogen (secondary N) is 1. The van der Waals surface area contributed by atoms with Crippen molar-refractivity contribution in [1.29, 1.82) is 0 Å². The van der Waals surface area contributed by atoms with Gasteiger partial charge in [0.1, 0.15) is 12.7 Å². The Bertz CT molecular complexity index is 726. The molecule has 5 heteroatoms. The second-order valence-corrected chi connectivity index (χ2v) is 5.44. The van der Waals surface area contributed by atoms with Crippen molar-refractivity contribution in [3.05, 3.63) is 67.3 Å². The first-order chi connectivity index (χ1) is 11.2. The van der Waals surface area contributed by atoms with Gasteiger partial charge in [0.25, 0.3) is 0 Å². The van der Waals surface area contributed by atoms with E-state index in [9.17, 15) is 0 Å². The molecule has 0 aliphatic carbocycles. The molecule has 3 aromatic rings. The summed E-state index contributed by atoms with van der Waals surface area (Å²) in [5, 5.41) is 3.38. The fourth-order valence-corrected chi connectivity index (χ4v) is 2.40. The lowest BCUT2D eigenvalue weighted by Gasteiger charge is -2.26. The SMILES string of the molecule is CC(C)N(c1ccc(Nc2ccccc2)cc1)c1ncncn1. The summed E-state index contributed by atoms with van der Waals surface area (Å²) >= 11 is 0. The van der Waals surface area contributed by atoms with E-state index in [2.05, 4.69) is 63.3 Å². The first-order valence-corrected chi connectivity index (χ1v) is 7.57. The Morgan fingerprint density at radius 1 is 0.826 bits per heavy atom. The number of rotatable bonds is 5. The molecule has 0 bridgehead atoms. The molecule has 0 spiro atoms. The maximum Gasteiger partial charge on any atom is 0.233 e. The lowest BCUT2D eigenvalue weighted by atomic mass is 10.2. The molecule has 116 valence electrons. The first-order valence-electron chi connectivity index (χ1n) is 7.57. The van der Waals surface area contributed by atoms with Crippen LogP contribution in [-0.4, -0.2) is 21.0 Å². The van der Waals surface area contributed by atoms with Gasteiger partial charge in [0.2, 0.25) is 5.95 Å². The summed E-state index contributed by atoms with van der Waals surface area (Å²) in [7, 11) is 0. The van der Waals surface area contributed by atoms with Crippen molar-refractivity contribution >= 4 is 23.0 Å². The monoisotopic (exact) mass is 305 g/mol. The minimum atomic E-state index is 0.241. The number of anilines is 4. The van der Waals surface area contributed by atoms with Crippen molar-refractivity contribution in [1.82, 2.24) is 15.0 Å². The van der Waals surface area contributed by atoms with Crippen molar-refractivity contribution in [2.75, 3.05) is 10.2 Å². The minimum Gasteiger partial charge on any atom is -0.356 e. The van der Waals surface area contributed by atoms with Gasteiger partial charge in [-0.25, -0.2) is 15.0 Å². The second-order valence-electron chi connectivity index (χ2n) is 5.44. The van der Waals surface area contributed by atoms with Crippen molar-refractivity contribution in [2.45, 2.75) is 19.9 Å². The summed E-state index contributed by atoms with van der Waals surface area (Å²) < 4.78 is 0. The summed E-state index contributed by atoms with van der Waals surface area (Å²) in [5.74, 6) is 0.652. The van der Waals surface area contributed by atoms with Gasteiger partial charge >= 0.3 is 0 Å². The summed E-state index contributed by atoms with van der Waals surface area (Å²) in [6, 6.07) is 18.6. The van der Waals surface area contributed by atoms with E-state index >= 15 is 0 Å².